The molecule has 23 heavy (non-hydrogen) atoms. The van der Waals surface area contributed by atoms with Crippen LogP contribution in [0, 0.1) is 12.7 Å². The zero-order valence-electron chi connectivity index (χ0n) is 13.2. The average Bonchev–Trinajstić information content (AvgIpc) is 2.55. The zero-order chi connectivity index (χ0) is 16.8. The van der Waals surface area contributed by atoms with Gasteiger partial charge in [0.2, 0.25) is 0 Å². The average molecular weight is 314 g/mol. The van der Waals surface area contributed by atoms with Crippen molar-refractivity contribution < 1.29 is 14.0 Å². The summed E-state index contributed by atoms with van der Waals surface area (Å²) in [6.45, 7) is 4.20. The Morgan fingerprint density at radius 2 is 1.78 bits per heavy atom. The maximum Gasteiger partial charge on any atom is 0.255 e. The van der Waals surface area contributed by atoms with E-state index >= 15 is 0 Å². The maximum atomic E-state index is 13.5. The molecule has 2 N–H and O–H groups in total. The van der Waals surface area contributed by atoms with E-state index in [0.717, 1.165) is 6.42 Å². The van der Waals surface area contributed by atoms with Gasteiger partial charge in [-0.1, -0.05) is 19.1 Å². The molecule has 0 radical (unpaired) electrons. The molecule has 0 bridgehead atoms. The quantitative estimate of drug-likeness (QED) is 0.887. The van der Waals surface area contributed by atoms with Crippen molar-refractivity contribution in [1.29, 1.82) is 0 Å². The van der Waals surface area contributed by atoms with Crippen LogP contribution < -0.4 is 10.6 Å². The van der Waals surface area contributed by atoms with Gasteiger partial charge in [0.05, 0.1) is 0 Å². The molecule has 2 amide bonds. The topological polar surface area (TPSA) is 58.2 Å². The Morgan fingerprint density at radius 3 is 2.48 bits per heavy atom. The summed E-state index contributed by atoms with van der Waals surface area (Å²) in [6.07, 6.45) is 0.848. The van der Waals surface area contributed by atoms with Gasteiger partial charge in [0.1, 0.15) is 5.82 Å². The Morgan fingerprint density at radius 1 is 1.04 bits per heavy atom. The number of aryl methyl sites for hydroxylation is 1. The molecule has 0 aromatic heterocycles. The van der Waals surface area contributed by atoms with Crippen molar-refractivity contribution in [3.8, 4) is 0 Å². The van der Waals surface area contributed by atoms with Crippen molar-refractivity contribution in [3.05, 3.63) is 65.0 Å². The molecule has 2 aromatic rings. The fourth-order valence-electron chi connectivity index (χ4n) is 2.02. The molecule has 0 heterocycles. The molecular formula is C18H19FN2O2. The molecule has 4 nitrogen and oxygen atoms in total. The van der Waals surface area contributed by atoms with Crippen LogP contribution in [0.4, 0.5) is 10.1 Å². The smallest absolute Gasteiger partial charge is 0.255 e. The number of halogens is 1. The van der Waals surface area contributed by atoms with Crippen molar-refractivity contribution in [3.63, 3.8) is 0 Å². The Labute approximate surface area is 134 Å². The molecule has 0 unspecified atom stereocenters. The lowest BCUT2D eigenvalue weighted by Gasteiger charge is -2.08. The monoisotopic (exact) mass is 314 g/mol. The first-order valence-corrected chi connectivity index (χ1v) is 7.47. The molecule has 120 valence electrons. The van der Waals surface area contributed by atoms with Crippen LogP contribution in [0.2, 0.25) is 0 Å². The van der Waals surface area contributed by atoms with Gasteiger partial charge in [0.15, 0.2) is 0 Å². The minimum atomic E-state index is -0.426. The van der Waals surface area contributed by atoms with E-state index in [1.807, 2.05) is 6.92 Å². The lowest BCUT2D eigenvalue weighted by molar-refractivity contribution is 0.0952. The van der Waals surface area contributed by atoms with Crippen LogP contribution in [0.3, 0.4) is 0 Å². The Kier molecular flexibility index (Phi) is 5.46. The van der Waals surface area contributed by atoms with E-state index in [-0.39, 0.29) is 11.5 Å². The summed E-state index contributed by atoms with van der Waals surface area (Å²) in [6, 6.07) is 10.9. The highest BCUT2D eigenvalue weighted by Gasteiger charge is 2.10. The van der Waals surface area contributed by atoms with E-state index in [1.54, 1.807) is 43.3 Å². The minimum absolute atomic E-state index is 0.190. The molecule has 0 aliphatic heterocycles. The number of anilines is 1. The number of benzene rings is 2. The Balaban J connectivity index is 2.12. The first-order valence-electron chi connectivity index (χ1n) is 7.47. The zero-order valence-corrected chi connectivity index (χ0v) is 13.2. The summed E-state index contributed by atoms with van der Waals surface area (Å²) in [7, 11) is 0. The first kappa shape index (κ1) is 16.7. The molecular weight excluding hydrogens is 295 g/mol. The van der Waals surface area contributed by atoms with E-state index < -0.39 is 11.7 Å². The van der Waals surface area contributed by atoms with Crippen LogP contribution in [0.25, 0.3) is 0 Å². The highest BCUT2D eigenvalue weighted by Crippen LogP contribution is 2.14. The standard InChI is InChI=1S/C18H19FN2O2/c1-3-9-20-17(22)13-5-4-6-15(10-13)21-18(23)14-8-7-12(2)16(19)11-14/h4-8,10-11H,3,9H2,1-2H3,(H,20,22)(H,21,23). The number of carbonyl (C=O) groups excluding carboxylic acids is 2. The molecule has 0 saturated carbocycles. The summed E-state index contributed by atoms with van der Waals surface area (Å²) in [5.74, 6) is -1.04. The van der Waals surface area contributed by atoms with Crippen LogP contribution in [-0.4, -0.2) is 18.4 Å². The molecule has 0 aliphatic carbocycles. The second-order valence-corrected chi connectivity index (χ2v) is 5.25. The van der Waals surface area contributed by atoms with E-state index in [2.05, 4.69) is 10.6 Å². The fraction of sp³-hybridized carbons (Fsp3) is 0.222. The highest BCUT2D eigenvalue weighted by molar-refractivity contribution is 6.05. The summed E-state index contributed by atoms with van der Waals surface area (Å²) in [5, 5.41) is 5.44. The van der Waals surface area contributed by atoms with Gasteiger partial charge in [0.25, 0.3) is 11.8 Å². The number of nitrogens with one attached hydrogen (secondary N) is 2. The Bertz CT molecular complexity index is 729. The maximum absolute atomic E-state index is 13.5. The van der Waals surface area contributed by atoms with Crippen LogP contribution in [-0.2, 0) is 0 Å². The third kappa shape index (κ3) is 4.39. The molecule has 2 aromatic carbocycles. The van der Waals surface area contributed by atoms with Gasteiger partial charge in [-0.05, 0) is 49.2 Å². The van der Waals surface area contributed by atoms with Gasteiger partial charge in [-0.15, -0.1) is 0 Å². The molecule has 0 spiro atoms. The van der Waals surface area contributed by atoms with E-state index in [9.17, 15) is 14.0 Å². The fourth-order valence-corrected chi connectivity index (χ4v) is 2.02. The van der Waals surface area contributed by atoms with Crippen LogP contribution >= 0.6 is 0 Å². The number of carbonyl (C=O) groups is 2. The summed E-state index contributed by atoms with van der Waals surface area (Å²) >= 11 is 0. The van der Waals surface area contributed by atoms with Crippen molar-refractivity contribution in [1.82, 2.24) is 5.32 Å². The van der Waals surface area contributed by atoms with Gasteiger partial charge in [0, 0.05) is 23.4 Å². The van der Waals surface area contributed by atoms with Gasteiger partial charge >= 0.3 is 0 Å². The molecule has 0 saturated heterocycles. The van der Waals surface area contributed by atoms with Crippen LogP contribution in [0.15, 0.2) is 42.5 Å². The van der Waals surface area contributed by atoms with E-state index in [1.165, 1.54) is 6.07 Å². The first-order chi connectivity index (χ1) is 11.0. The third-order valence-electron chi connectivity index (χ3n) is 3.35. The Hall–Kier alpha value is -2.69. The predicted molar refractivity (Wildman–Crippen MR) is 88.2 cm³/mol. The lowest BCUT2D eigenvalue weighted by atomic mass is 10.1. The van der Waals surface area contributed by atoms with Crippen molar-refractivity contribution >= 4 is 17.5 Å². The minimum Gasteiger partial charge on any atom is -0.352 e. The predicted octanol–water partition coefficient (Wildman–Crippen LogP) is 3.53. The van der Waals surface area contributed by atoms with E-state index in [0.29, 0.717) is 23.4 Å². The summed E-state index contributed by atoms with van der Waals surface area (Å²) < 4.78 is 13.5. The lowest BCUT2D eigenvalue weighted by Crippen LogP contribution is -2.24. The normalized spacial score (nSPS) is 10.2. The highest BCUT2D eigenvalue weighted by atomic mass is 19.1. The van der Waals surface area contributed by atoms with Crippen LogP contribution in [0.1, 0.15) is 39.6 Å². The van der Waals surface area contributed by atoms with Gasteiger partial charge in [-0.25, -0.2) is 4.39 Å². The van der Waals surface area contributed by atoms with Crippen molar-refractivity contribution in [2.24, 2.45) is 0 Å². The van der Waals surface area contributed by atoms with E-state index in [4.69, 9.17) is 0 Å². The van der Waals surface area contributed by atoms with Crippen molar-refractivity contribution in [2.45, 2.75) is 20.3 Å². The van der Waals surface area contributed by atoms with Gasteiger partial charge in [-0.3, -0.25) is 9.59 Å². The SMILES string of the molecule is CCCNC(=O)c1cccc(NC(=O)c2ccc(C)c(F)c2)c1. The third-order valence-corrected chi connectivity index (χ3v) is 3.35. The molecule has 0 atom stereocenters. The van der Waals surface area contributed by atoms with Crippen molar-refractivity contribution in [2.75, 3.05) is 11.9 Å². The van der Waals surface area contributed by atoms with Gasteiger partial charge < -0.3 is 10.6 Å². The molecule has 0 aliphatic rings. The van der Waals surface area contributed by atoms with Gasteiger partial charge in [-0.2, -0.15) is 0 Å². The second kappa shape index (κ2) is 7.54. The second-order valence-electron chi connectivity index (χ2n) is 5.25. The summed E-state index contributed by atoms with van der Waals surface area (Å²) in [5.41, 5.74) is 1.66. The van der Waals surface area contributed by atoms with Crippen LogP contribution in [0.5, 0.6) is 0 Å². The number of hydrogen-bond acceptors (Lipinski definition) is 2. The molecule has 5 heteroatoms. The summed E-state index contributed by atoms with van der Waals surface area (Å²) in [4.78, 5) is 24.1. The molecule has 2 rings (SSSR count). The molecule has 0 fully saturated rings. The number of rotatable bonds is 5. The largest absolute Gasteiger partial charge is 0.352 e. The number of amides is 2. The number of hydrogen-bond donors (Lipinski definition) is 2.